The molecule has 1 aliphatic rings. The molecule has 1 aliphatic heterocycles. The van der Waals surface area contributed by atoms with E-state index < -0.39 is 0 Å². The van der Waals surface area contributed by atoms with E-state index in [1.807, 2.05) is 18.2 Å². The lowest BCUT2D eigenvalue weighted by Crippen LogP contribution is -2.52. The van der Waals surface area contributed by atoms with Gasteiger partial charge in [-0.1, -0.05) is 0 Å². The van der Waals surface area contributed by atoms with Gasteiger partial charge in [0.05, 0.1) is 24.9 Å². The molecule has 5 heteroatoms. The molecule has 1 heterocycles. The van der Waals surface area contributed by atoms with Crippen molar-refractivity contribution in [3.05, 3.63) is 28.2 Å². The van der Waals surface area contributed by atoms with Crippen LogP contribution in [-0.4, -0.2) is 39.5 Å². The summed E-state index contributed by atoms with van der Waals surface area (Å²) >= 11 is 3.40. The monoisotopic (exact) mass is 310 g/mol. The molecule has 1 aromatic carbocycles. The first-order valence-electron chi connectivity index (χ1n) is 5.79. The average Bonchev–Trinajstić information content (AvgIpc) is 2.32. The van der Waals surface area contributed by atoms with Gasteiger partial charge in [-0.05, 0) is 34.1 Å². The van der Waals surface area contributed by atoms with E-state index in [0.29, 0.717) is 18.8 Å². The highest BCUT2D eigenvalue weighted by Gasteiger charge is 2.27. The van der Waals surface area contributed by atoms with Crippen LogP contribution in [0.2, 0.25) is 0 Å². The Balaban J connectivity index is 1.85. The normalized spacial score (nSPS) is 15.3. The Hall–Kier alpha value is -1.09. The molecule has 0 spiro atoms. The highest BCUT2D eigenvalue weighted by atomic mass is 79.9. The first kappa shape index (κ1) is 13.3. The fraction of sp³-hybridized carbons (Fsp3) is 0.462. The zero-order valence-electron chi connectivity index (χ0n) is 10.2. The van der Waals surface area contributed by atoms with Gasteiger partial charge in [-0.25, -0.2) is 0 Å². The van der Waals surface area contributed by atoms with Crippen LogP contribution in [-0.2, 0) is 9.47 Å². The quantitative estimate of drug-likeness (QED) is 0.782. The molecule has 2 rings (SSSR count). The highest BCUT2D eigenvalue weighted by Crippen LogP contribution is 2.27. The molecule has 4 nitrogen and oxygen atoms in total. The molecule has 0 atom stereocenters. The second-order valence-corrected chi connectivity index (χ2v) is 5.02. The average molecular weight is 311 g/mol. The van der Waals surface area contributed by atoms with Crippen LogP contribution in [0.25, 0.3) is 0 Å². The molecular weight excluding hydrogens is 296 g/mol. The highest BCUT2D eigenvalue weighted by molar-refractivity contribution is 9.10. The van der Waals surface area contributed by atoms with E-state index in [2.05, 4.69) is 26.9 Å². The third-order valence-electron chi connectivity index (χ3n) is 2.93. The second kappa shape index (κ2) is 6.19. The number of benzene rings is 1. The van der Waals surface area contributed by atoms with Crippen LogP contribution in [0.3, 0.4) is 0 Å². The number of hydrogen-bond acceptors (Lipinski definition) is 4. The molecule has 18 heavy (non-hydrogen) atoms. The van der Waals surface area contributed by atoms with Crippen LogP contribution in [0.1, 0.15) is 5.56 Å². The molecule has 1 saturated heterocycles. The molecule has 0 bridgehead atoms. The fourth-order valence-electron chi connectivity index (χ4n) is 1.84. The Morgan fingerprint density at radius 1 is 1.44 bits per heavy atom. The Morgan fingerprint density at radius 3 is 2.83 bits per heavy atom. The van der Waals surface area contributed by atoms with Gasteiger partial charge in [-0.2, -0.15) is 5.26 Å². The smallest absolute Gasteiger partial charge is 0.100 e. The number of rotatable bonds is 5. The van der Waals surface area contributed by atoms with Crippen molar-refractivity contribution < 1.29 is 9.47 Å². The lowest BCUT2D eigenvalue weighted by atomic mass is 10.1. The summed E-state index contributed by atoms with van der Waals surface area (Å²) in [5.41, 5.74) is 1.78. The summed E-state index contributed by atoms with van der Waals surface area (Å²) in [6.07, 6.45) is 0.287. The van der Waals surface area contributed by atoms with E-state index in [1.165, 1.54) is 0 Å². The number of ether oxygens (including phenoxy) is 2. The summed E-state index contributed by atoms with van der Waals surface area (Å²) in [6, 6.07) is 7.91. The maximum Gasteiger partial charge on any atom is 0.100 e. The van der Waals surface area contributed by atoms with E-state index in [1.54, 1.807) is 7.11 Å². The van der Waals surface area contributed by atoms with Gasteiger partial charge in [0, 0.05) is 30.4 Å². The molecule has 0 radical (unpaired) electrons. The van der Waals surface area contributed by atoms with Gasteiger partial charge in [0.25, 0.3) is 0 Å². The molecule has 1 fully saturated rings. The molecular formula is C13H15BrN2O2. The third-order valence-corrected chi connectivity index (χ3v) is 3.58. The largest absolute Gasteiger partial charge is 0.382 e. The summed E-state index contributed by atoms with van der Waals surface area (Å²) in [5.74, 6) is 0. The summed E-state index contributed by atoms with van der Waals surface area (Å²) in [7, 11) is 1.67. The fourth-order valence-corrected chi connectivity index (χ4v) is 2.30. The molecule has 0 N–H and O–H groups in total. The first-order chi connectivity index (χ1) is 8.74. The molecule has 0 aromatic heterocycles. The van der Waals surface area contributed by atoms with Gasteiger partial charge >= 0.3 is 0 Å². The van der Waals surface area contributed by atoms with Crippen LogP contribution in [0, 0.1) is 11.3 Å². The Labute approximate surface area is 115 Å². The number of halogens is 1. The standard InChI is InChI=1S/C13H15BrN2O2/c1-17-4-5-18-12-8-16(9-12)11-3-2-10(7-15)13(14)6-11/h2-3,6,12H,4-5,8-9H2,1H3. The summed E-state index contributed by atoms with van der Waals surface area (Å²) in [6.45, 7) is 3.06. The molecule has 1 aromatic rings. The zero-order chi connectivity index (χ0) is 13.0. The van der Waals surface area contributed by atoms with Crippen molar-refractivity contribution in [3.63, 3.8) is 0 Å². The lowest BCUT2D eigenvalue weighted by molar-refractivity contribution is 0.00399. The van der Waals surface area contributed by atoms with Crippen molar-refractivity contribution >= 4 is 21.6 Å². The van der Waals surface area contributed by atoms with E-state index in [-0.39, 0.29) is 6.10 Å². The summed E-state index contributed by atoms with van der Waals surface area (Å²) in [4.78, 5) is 2.23. The molecule has 0 unspecified atom stereocenters. The Morgan fingerprint density at radius 2 is 2.22 bits per heavy atom. The van der Waals surface area contributed by atoms with Crippen molar-refractivity contribution in [1.29, 1.82) is 5.26 Å². The van der Waals surface area contributed by atoms with Gasteiger partial charge in [-0.15, -0.1) is 0 Å². The number of anilines is 1. The SMILES string of the molecule is COCCOC1CN(c2ccc(C#N)c(Br)c2)C1. The molecule has 0 saturated carbocycles. The van der Waals surface area contributed by atoms with Crippen LogP contribution in [0.4, 0.5) is 5.69 Å². The van der Waals surface area contributed by atoms with Gasteiger partial charge in [0.1, 0.15) is 6.07 Å². The van der Waals surface area contributed by atoms with E-state index in [4.69, 9.17) is 14.7 Å². The Kier molecular flexibility index (Phi) is 4.59. The number of nitrogens with zero attached hydrogens (tertiary/aromatic N) is 2. The first-order valence-corrected chi connectivity index (χ1v) is 6.59. The van der Waals surface area contributed by atoms with Crippen LogP contribution >= 0.6 is 15.9 Å². The maximum absolute atomic E-state index is 8.86. The maximum atomic E-state index is 8.86. The van der Waals surface area contributed by atoms with Crippen molar-refractivity contribution in [1.82, 2.24) is 0 Å². The predicted molar refractivity (Wildman–Crippen MR) is 72.7 cm³/mol. The summed E-state index contributed by atoms with van der Waals surface area (Å²) in [5, 5.41) is 8.86. The third kappa shape index (κ3) is 3.02. The lowest BCUT2D eigenvalue weighted by Gasteiger charge is -2.40. The van der Waals surface area contributed by atoms with Crippen molar-refractivity contribution in [2.24, 2.45) is 0 Å². The van der Waals surface area contributed by atoms with Gasteiger partial charge in [0.15, 0.2) is 0 Å². The van der Waals surface area contributed by atoms with E-state index >= 15 is 0 Å². The Bertz CT molecular complexity index is 453. The molecule has 0 amide bonds. The van der Waals surface area contributed by atoms with Gasteiger partial charge < -0.3 is 14.4 Å². The van der Waals surface area contributed by atoms with E-state index in [9.17, 15) is 0 Å². The van der Waals surface area contributed by atoms with Crippen molar-refractivity contribution in [2.45, 2.75) is 6.10 Å². The minimum absolute atomic E-state index is 0.287. The van der Waals surface area contributed by atoms with Crippen LogP contribution < -0.4 is 4.90 Å². The predicted octanol–water partition coefficient (Wildman–Crippen LogP) is 2.17. The van der Waals surface area contributed by atoms with Crippen molar-refractivity contribution in [3.8, 4) is 6.07 Å². The summed E-state index contributed by atoms with van der Waals surface area (Å²) < 4.78 is 11.4. The number of hydrogen-bond donors (Lipinski definition) is 0. The molecule has 0 aliphatic carbocycles. The van der Waals surface area contributed by atoms with Crippen LogP contribution in [0.15, 0.2) is 22.7 Å². The minimum atomic E-state index is 0.287. The van der Waals surface area contributed by atoms with E-state index in [0.717, 1.165) is 23.2 Å². The number of nitriles is 1. The van der Waals surface area contributed by atoms with Crippen molar-refractivity contribution in [2.75, 3.05) is 38.3 Å². The topological polar surface area (TPSA) is 45.5 Å². The second-order valence-electron chi connectivity index (χ2n) is 4.17. The zero-order valence-corrected chi connectivity index (χ0v) is 11.8. The minimum Gasteiger partial charge on any atom is -0.382 e. The van der Waals surface area contributed by atoms with Crippen LogP contribution in [0.5, 0.6) is 0 Å². The number of methoxy groups -OCH3 is 1. The van der Waals surface area contributed by atoms with Gasteiger partial charge in [-0.3, -0.25) is 0 Å². The van der Waals surface area contributed by atoms with Gasteiger partial charge in [0.2, 0.25) is 0 Å². The molecule has 96 valence electrons.